The Morgan fingerprint density at radius 3 is 3.07 bits per heavy atom. The second kappa shape index (κ2) is 4.27. The van der Waals surface area contributed by atoms with E-state index in [0.29, 0.717) is 21.6 Å². The van der Waals surface area contributed by atoms with E-state index in [1.807, 2.05) is 0 Å². The second-order valence-corrected chi connectivity index (χ2v) is 4.94. The summed E-state index contributed by atoms with van der Waals surface area (Å²) in [5.41, 5.74) is 0.864. The van der Waals surface area contributed by atoms with E-state index in [1.54, 1.807) is 6.07 Å². The van der Waals surface area contributed by atoms with Gasteiger partial charge in [-0.05, 0) is 0 Å². The molecular formula is C8H5Br2ClN2O2. The van der Waals surface area contributed by atoms with Crippen LogP contribution in [-0.4, -0.2) is 14.9 Å². The molecule has 0 saturated heterocycles. The zero-order chi connectivity index (χ0) is 11.0. The molecule has 1 atom stereocenters. The number of hydrogen-bond donors (Lipinski definition) is 0. The van der Waals surface area contributed by atoms with E-state index in [2.05, 4.69) is 36.8 Å². The van der Waals surface area contributed by atoms with Gasteiger partial charge in [-0.3, -0.25) is 0 Å². The van der Waals surface area contributed by atoms with Crippen LogP contribution >= 0.6 is 43.5 Å². The SMILES string of the molecule is O=c1oc2cc(Cl)cnc2n1C(Br)CBr. The first-order valence-corrected chi connectivity index (χ1v) is 6.41. The molecule has 0 spiro atoms. The van der Waals surface area contributed by atoms with Gasteiger partial charge in [0.2, 0.25) is 0 Å². The Bertz CT molecular complexity index is 551. The van der Waals surface area contributed by atoms with Crippen molar-refractivity contribution >= 4 is 54.7 Å². The molecule has 0 aliphatic rings. The summed E-state index contributed by atoms with van der Waals surface area (Å²) in [4.78, 5) is 15.4. The van der Waals surface area contributed by atoms with E-state index in [1.165, 1.54) is 10.8 Å². The Hall–Kier alpha value is -0.330. The van der Waals surface area contributed by atoms with E-state index in [0.717, 1.165) is 0 Å². The summed E-state index contributed by atoms with van der Waals surface area (Å²) < 4.78 is 6.43. The predicted octanol–water partition coefficient (Wildman–Crippen LogP) is 2.93. The number of alkyl halides is 2. The lowest BCUT2D eigenvalue weighted by atomic mass is 10.4. The topological polar surface area (TPSA) is 48.0 Å². The maximum Gasteiger partial charge on any atom is 0.422 e. The Labute approximate surface area is 106 Å². The highest BCUT2D eigenvalue weighted by Crippen LogP contribution is 2.22. The fourth-order valence-electron chi connectivity index (χ4n) is 1.22. The highest BCUT2D eigenvalue weighted by molar-refractivity contribution is 9.11. The molecule has 0 fully saturated rings. The molecule has 0 N–H and O–H groups in total. The maximum absolute atomic E-state index is 11.5. The number of nitrogens with zero attached hydrogens (tertiary/aromatic N) is 2. The van der Waals surface area contributed by atoms with Crippen LogP contribution in [-0.2, 0) is 0 Å². The number of halogens is 3. The summed E-state index contributed by atoms with van der Waals surface area (Å²) in [6.45, 7) is 0. The van der Waals surface area contributed by atoms with Gasteiger partial charge in [-0.1, -0.05) is 43.5 Å². The molecule has 2 aromatic rings. The minimum absolute atomic E-state index is 0.195. The van der Waals surface area contributed by atoms with Gasteiger partial charge in [0.15, 0.2) is 11.2 Å². The molecule has 0 amide bonds. The zero-order valence-electron chi connectivity index (χ0n) is 7.28. The van der Waals surface area contributed by atoms with Gasteiger partial charge in [-0.15, -0.1) is 0 Å². The number of hydrogen-bond acceptors (Lipinski definition) is 3. The third-order valence-electron chi connectivity index (χ3n) is 1.83. The van der Waals surface area contributed by atoms with Crippen LogP contribution in [0.15, 0.2) is 21.5 Å². The molecule has 4 nitrogen and oxygen atoms in total. The molecule has 0 aliphatic carbocycles. The van der Waals surface area contributed by atoms with E-state index in [-0.39, 0.29) is 4.95 Å². The molecule has 7 heteroatoms. The average molecular weight is 356 g/mol. The summed E-state index contributed by atoms with van der Waals surface area (Å²) in [5.74, 6) is -0.457. The van der Waals surface area contributed by atoms with Gasteiger partial charge in [0, 0.05) is 17.6 Å². The number of pyridine rings is 1. The van der Waals surface area contributed by atoms with Crippen LogP contribution in [0, 0.1) is 0 Å². The van der Waals surface area contributed by atoms with E-state index in [4.69, 9.17) is 16.0 Å². The van der Waals surface area contributed by atoms with Crippen LogP contribution < -0.4 is 5.76 Å². The van der Waals surface area contributed by atoms with E-state index < -0.39 is 5.76 Å². The summed E-state index contributed by atoms with van der Waals surface area (Å²) in [6, 6.07) is 1.57. The average Bonchev–Trinajstić information content (AvgIpc) is 2.52. The summed E-state index contributed by atoms with van der Waals surface area (Å²) in [5, 5.41) is 1.01. The highest BCUT2D eigenvalue weighted by atomic mass is 79.9. The van der Waals surface area contributed by atoms with Crippen molar-refractivity contribution in [1.29, 1.82) is 0 Å². The van der Waals surface area contributed by atoms with Crippen LogP contribution in [0.5, 0.6) is 0 Å². The van der Waals surface area contributed by atoms with Crippen LogP contribution in [0.4, 0.5) is 0 Å². The molecule has 2 rings (SSSR count). The first kappa shape index (κ1) is 11.2. The van der Waals surface area contributed by atoms with Crippen molar-refractivity contribution < 1.29 is 4.42 Å². The fraction of sp³-hybridized carbons (Fsp3) is 0.250. The predicted molar refractivity (Wildman–Crippen MR) is 65.0 cm³/mol. The van der Waals surface area contributed by atoms with Crippen LogP contribution in [0.25, 0.3) is 11.2 Å². The fourth-order valence-corrected chi connectivity index (χ4v) is 2.01. The van der Waals surface area contributed by atoms with Crippen molar-refractivity contribution in [1.82, 2.24) is 9.55 Å². The molecule has 2 heterocycles. The monoisotopic (exact) mass is 354 g/mol. The molecule has 2 aromatic heterocycles. The molecule has 0 aromatic carbocycles. The molecule has 0 saturated carbocycles. The summed E-state index contributed by atoms with van der Waals surface area (Å²) >= 11 is 12.3. The smallest absolute Gasteiger partial charge is 0.406 e. The number of fused-ring (bicyclic) bond motifs is 1. The number of aromatic nitrogens is 2. The third kappa shape index (κ3) is 1.98. The molecule has 80 valence electrons. The first-order chi connectivity index (χ1) is 7.13. The first-order valence-electron chi connectivity index (χ1n) is 4.00. The van der Waals surface area contributed by atoms with E-state index >= 15 is 0 Å². The largest absolute Gasteiger partial charge is 0.422 e. The van der Waals surface area contributed by atoms with Gasteiger partial charge in [-0.2, -0.15) is 0 Å². The van der Waals surface area contributed by atoms with Crippen LogP contribution in [0.3, 0.4) is 0 Å². The van der Waals surface area contributed by atoms with Crippen molar-refractivity contribution in [3.63, 3.8) is 0 Å². The normalized spacial score (nSPS) is 13.3. The van der Waals surface area contributed by atoms with Gasteiger partial charge >= 0.3 is 5.76 Å². The lowest BCUT2D eigenvalue weighted by Crippen LogP contribution is -2.17. The minimum atomic E-state index is -0.457. The Kier molecular flexibility index (Phi) is 3.18. The molecule has 1 unspecified atom stereocenters. The van der Waals surface area contributed by atoms with Crippen molar-refractivity contribution in [2.24, 2.45) is 0 Å². The van der Waals surface area contributed by atoms with Gasteiger partial charge in [0.25, 0.3) is 0 Å². The van der Waals surface area contributed by atoms with Crippen molar-refractivity contribution in [3.05, 3.63) is 27.8 Å². The van der Waals surface area contributed by atoms with Gasteiger partial charge in [0.05, 0.1) is 5.02 Å². The quantitative estimate of drug-likeness (QED) is 0.778. The number of rotatable bonds is 2. The van der Waals surface area contributed by atoms with Crippen molar-refractivity contribution in [3.8, 4) is 0 Å². The Balaban J connectivity index is 2.74. The molecule has 0 bridgehead atoms. The molecular weight excluding hydrogens is 351 g/mol. The van der Waals surface area contributed by atoms with Crippen LogP contribution in [0.2, 0.25) is 5.02 Å². The standard InChI is InChI=1S/C8H5Br2ClN2O2/c9-2-6(10)13-7-5(15-8(13)14)1-4(11)3-12-7/h1,3,6H,2H2. The minimum Gasteiger partial charge on any atom is -0.406 e. The lowest BCUT2D eigenvalue weighted by Gasteiger charge is -2.05. The highest BCUT2D eigenvalue weighted by Gasteiger charge is 2.16. The lowest BCUT2D eigenvalue weighted by molar-refractivity contribution is 0.513. The van der Waals surface area contributed by atoms with Crippen molar-refractivity contribution in [2.45, 2.75) is 4.95 Å². The molecule has 0 radical (unpaired) electrons. The summed E-state index contributed by atoms with van der Waals surface area (Å²) in [6.07, 6.45) is 1.48. The van der Waals surface area contributed by atoms with Crippen LogP contribution in [0.1, 0.15) is 4.95 Å². The third-order valence-corrected chi connectivity index (χ3v) is 4.25. The van der Waals surface area contributed by atoms with Gasteiger partial charge < -0.3 is 4.42 Å². The number of oxazole rings is 1. The van der Waals surface area contributed by atoms with E-state index in [9.17, 15) is 4.79 Å². The Morgan fingerprint density at radius 1 is 1.67 bits per heavy atom. The van der Waals surface area contributed by atoms with Gasteiger partial charge in [-0.25, -0.2) is 14.3 Å². The molecule has 15 heavy (non-hydrogen) atoms. The van der Waals surface area contributed by atoms with Crippen molar-refractivity contribution in [2.75, 3.05) is 5.33 Å². The second-order valence-electron chi connectivity index (χ2n) is 2.80. The Morgan fingerprint density at radius 2 is 2.40 bits per heavy atom. The molecule has 0 aliphatic heterocycles. The zero-order valence-corrected chi connectivity index (χ0v) is 11.2. The van der Waals surface area contributed by atoms with Gasteiger partial charge in [0.1, 0.15) is 4.95 Å². The summed E-state index contributed by atoms with van der Waals surface area (Å²) in [7, 11) is 0. The maximum atomic E-state index is 11.5.